The van der Waals surface area contributed by atoms with Gasteiger partial charge < -0.3 is 19.8 Å². The molecule has 0 saturated carbocycles. The Hall–Kier alpha value is 0.610. The largest absolute Gasteiger partial charge is 1.00 e. The average Bonchev–Trinajstić information content (AvgIpc) is 1.82. The van der Waals surface area contributed by atoms with Gasteiger partial charge in [0.15, 0.2) is 5.78 Å². The standard InChI is InChI=1S/C5H6O5.2Na/c6-3(5(9)10)1-2-4(7)8;;/h1-2H2,(H,7,8)(H,9,10);;/q;2*+1/p-2/i1+1,2+1,3+1,5+1;;. The van der Waals surface area contributed by atoms with Crippen LogP contribution in [0, 0.1) is 0 Å². The quantitative estimate of drug-likeness (QED) is 0.251. The van der Waals surface area contributed by atoms with Gasteiger partial charge in [-0.2, -0.15) is 0 Å². The summed E-state index contributed by atoms with van der Waals surface area (Å²) in [6, 6.07) is 0. The van der Waals surface area contributed by atoms with Crippen molar-refractivity contribution in [2.24, 2.45) is 0 Å². The minimum atomic E-state index is -1.86. The summed E-state index contributed by atoms with van der Waals surface area (Å²) < 4.78 is 0. The van der Waals surface area contributed by atoms with Crippen molar-refractivity contribution in [3.05, 3.63) is 0 Å². The van der Waals surface area contributed by atoms with Crippen LogP contribution in [0.3, 0.4) is 0 Å². The maximum Gasteiger partial charge on any atom is 1.00 e. The van der Waals surface area contributed by atoms with Crippen molar-refractivity contribution in [3.63, 3.8) is 0 Å². The van der Waals surface area contributed by atoms with Crippen LogP contribution >= 0.6 is 0 Å². The van der Waals surface area contributed by atoms with Crippen LogP contribution in [0.25, 0.3) is 0 Å². The first-order chi connectivity index (χ1) is 4.54. The van der Waals surface area contributed by atoms with Crippen LogP contribution in [0.2, 0.25) is 0 Å². The minimum Gasteiger partial charge on any atom is -0.550 e. The van der Waals surface area contributed by atoms with E-state index in [-0.39, 0.29) is 59.1 Å². The Balaban J connectivity index is -0.000000405. The first-order valence-corrected chi connectivity index (χ1v) is 2.48. The number of rotatable bonds is 4. The molecule has 0 atom stereocenters. The fraction of sp³-hybridized carbons (Fsp3) is 0.400. The van der Waals surface area contributed by atoms with Gasteiger partial charge in [-0.3, -0.25) is 4.79 Å². The molecule has 0 rings (SSSR count). The predicted octanol–water partition coefficient (Wildman–Crippen LogP) is -9.16. The third-order valence-corrected chi connectivity index (χ3v) is 0.784. The number of hydrogen-bond donors (Lipinski definition) is 0. The minimum absolute atomic E-state index is 0. The summed E-state index contributed by atoms with van der Waals surface area (Å²) >= 11 is 0. The molecule has 0 spiro atoms. The molecule has 0 aliphatic heterocycles. The van der Waals surface area contributed by atoms with E-state index in [1.54, 1.807) is 0 Å². The van der Waals surface area contributed by atoms with Gasteiger partial charge in [0.05, 0.1) is 0 Å². The number of carbonyl (C=O) groups is 3. The van der Waals surface area contributed by atoms with Gasteiger partial charge in [-0.25, -0.2) is 0 Å². The van der Waals surface area contributed by atoms with Gasteiger partial charge in [0.1, 0.15) is 5.97 Å². The molecule has 0 aliphatic rings. The van der Waals surface area contributed by atoms with Gasteiger partial charge in [-0.15, -0.1) is 0 Å². The van der Waals surface area contributed by atoms with E-state index in [2.05, 4.69) is 0 Å². The molecule has 0 heterocycles. The fourth-order valence-electron chi connectivity index (χ4n) is 0.318. The zero-order valence-electron chi connectivity index (χ0n) is 6.96. The first-order valence-electron chi connectivity index (χ1n) is 2.48. The Bertz CT molecular complexity index is 179. The number of ketones is 1. The monoisotopic (exact) mass is 194 g/mol. The van der Waals surface area contributed by atoms with Crippen molar-refractivity contribution >= 4 is 17.7 Å². The van der Waals surface area contributed by atoms with E-state index < -0.39 is 30.6 Å². The van der Waals surface area contributed by atoms with Crippen LogP contribution in [-0.2, 0) is 14.4 Å². The molecule has 0 unspecified atom stereocenters. The zero-order chi connectivity index (χ0) is 8.15. The van der Waals surface area contributed by atoms with Crippen LogP contribution in [-0.4, -0.2) is 17.7 Å². The molecule has 0 aromatic rings. The molecular formula is C5H4Na2O5. The van der Waals surface area contributed by atoms with E-state index in [1.807, 2.05) is 0 Å². The van der Waals surface area contributed by atoms with E-state index in [4.69, 9.17) is 0 Å². The second kappa shape index (κ2) is 9.70. The fourth-order valence-corrected chi connectivity index (χ4v) is 0.318. The molecule has 5 nitrogen and oxygen atoms in total. The van der Waals surface area contributed by atoms with Gasteiger partial charge in [-0.1, -0.05) is 0 Å². The Morgan fingerprint density at radius 2 is 1.33 bits per heavy atom. The topological polar surface area (TPSA) is 97.3 Å². The smallest absolute Gasteiger partial charge is 0.550 e. The van der Waals surface area contributed by atoms with Crippen LogP contribution in [0.4, 0.5) is 0 Å². The molecule has 7 heteroatoms. The van der Waals surface area contributed by atoms with Crippen molar-refractivity contribution in [1.82, 2.24) is 0 Å². The van der Waals surface area contributed by atoms with Gasteiger partial charge in [-0.05, 0) is 6.42 Å². The second-order valence-corrected chi connectivity index (χ2v) is 1.58. The number of carboxylic acid groups (broad SMARTS) is 2. The van der Waals surface area contributed by atoms with E-state index in [9.17, 15) is 24.6 Å². The molecule has 0 radical (unpaired) electrons. The Morgan fingerprint density at radius 3 is 1.58 bits per heavy atom. The summed E-state index contributed by atoms with van der Waals surface area (Å²) in [5.74, 6) is -4.53. The molecule has 0 N–H and O–H groups in total. The molecule has 0 saturated heterocycles. The number of carbonyl (C=O) groups excluding carboxylic acids is 3. The van der Waals surface area contributed by atoms with Crippen LogP contribution in [0.1, 0.15) is 12.8 Å². The van der Waals surface area contributed by atoms with E-state index in [1.165, 1.54) is 0 Å². The Labute approximate surface area is 113 Å². The summed E-state index contributed by atoms with van der Waals surface area (Å²) in [7, 11) is 0. The van der Waals surface area contributed by atoms with E-state index in [0.717, 1.165) is 0 Å². The molecule has 0 fully saturated rings. The van der Waals surface area contributed by atoms with Crippen LogP contribution < -0.4 is 69.3 Å². The van der Waals surface area contributed by atoms with Crippen molar-refractivity contribution in [3.8, 4) is 0 Å². The molecule has 56 valence electrons. The number of carboxylic acids is 2. The summed E-state index contributed by atoms with van der Waals surface area (Å²) in [5.41, 5.74) is 0. The number of hydrogen-bond acceptors (Lipinski definition) is 5. The maximum absolute atomic E-state index is 10.1. The summed E-state index contributed by atoms with van der Waals surface area (Å²) in [6.07, 6.45) is -1.14. The van der Waals surface area contributed by atoms with E-state index in [0.29, 0.717) is 0 Å². The van der Waals surface area contributed by atoms with Crippen molar-refractivity contribution < 1.29 is 83.7 Å². The molecule has 0 bridgehead atoms. The van der Waals surface area contributed by atoms with Gasteiger partial charge >= 0.3 is 59.1 Å². The summed E-state index contributed by atoms with van der Waals surface area (Å²) in [4.78, 5) is 29.4. The average molecular weight is 194 g/mol. The third-order valence-electron chi connectivity index (χ3n) is 0.784. The molecular weight excluding hydrogens is 190 g/mol. The Kier molecular flexibility index (Phi) is 14.9. The number of Topliss-reactive ketones (excluding diaryl/α,β-unsaturated/α-hetero) is 1. The summed E-state index contributed by atoms with van der Waals surface area (Å²) in [6.45, 7) is 0. The number of aliphatic carboxylic acids is 2. The first kappa shape index (κ1) is 18.4. The molecule has 0 amide bonds. The van der Waals surface area contributed by atoms with Gasteiger partial charge in [0.25, 0.3) is 0 Å². The van der Waals surface area contributed by atoms with E-state index >= 15 is 0 Å². The normalized spacial score (nSPS) is 7.33. The SMILES string of the molecule is O=C([O-])[13CH2][13CH2][13C](=O)[13C](=O)[O-].[Na+].[Na+]. The van der Waals surface area contributed by atoms with Crippen LogP contribution in [0.15, 0.2) is 0 Å². The summed E-state index contributed by atoms with van der Waals surface area (Å²) in [5, 5.41) is 19.3. The predicted molar refractivity (Wildman–Crippen MR) is 24.3 cm³/mol. The van der Waals surface area contributed by atoms with Crippen molar-refractivity contribution in [2.45, 2.75) is 12.8 Å². The molecule has 0 aliphatic carbocycles. The Morgan fingerprint density at radius 1 is 0.917 bits per heavy atom. The van der Waals surface area contributed by atoms with Gasteiger partial charge in [0.2, 0.25) is 0 Å². The van der Waals surface area contributed by atoms with Crippen molar-refractivity contribution in [1.29, 1.82) is 0 Å². The van der Waals surface area contributed by atoms with Crippen LogP contribution in [0.5, 0.6) is 0 Å². The zero-order valence-corrected chi connectivity index (χ0v) is 11.0. The van der Waals surface area contributed by atoms with Crippen molar-refractivity contribution in [2.75, 3.05) is 0 Å². The second-order valence-electron chi connectivity index (χ2n) is 1.58. The third kappa shape index (κ3) is 10.6. The molecule has 0 aromatic heterocycles. The van der Waals surface area contributed by atoms with Gasteiger partial charge in [0, 0.05) is 12.4 Å². The molecule has 0 aromatic carbocycles. The molecule has 12 heavy (non-hydrogen) atoms. The maximum atomic E-state index is 10.1.